The smallest absolute Gasteiger partial charge is 0.270 e. The van der Waals surface area contributed by atoms with Crippen LogP contribution in [0.3, 0.4) is 0 Å². The summed E-state index contributed by atoms with van der Waals surface area (Å²) in [5.74, 6) is 0.540. The highest BCUT2D eigenvalue weighted by Gasteiger charge is 2.26. The van der Waals surface area contributed by atoms with Crippen molar-refractivity contribution in [3.05, 3.63) is 70.3 Å². The Bertz CT molecular complexity index is 1460. The quantitative estimate of drug-likeness (QED) is 0.342. The average molecular weight is 546 g/mol. The van der Waals surface area contributed by atoms with Gasteiger partial charge in [-0.1, -0.05) is 11.8 Å². The van der Waals surface area contributed by atoms with Crippen molar-refractivity contribution in [1.29, 1.82) is 5.26 Å². The Morgan fingerprint density at radius 1 is 1.17 bits per heavy atom. The Hall–Kier alpha value is -3.18. The molecule has 1 saturated heterocycles. The van der Waals surface area contributed by atoms with E-state index in [1.54, 1.807) is 17.8 Å². The van der Waals surface area contributed by atoms with Gasteiger partial charge in [-0.3, -0.25) is 9.59 Å². The molecule has 0 atom stereocenters. The largest absolute Gasteiger partial charge is 0.325 e. The second-order valence-electron chi connectivity index (χ2n) is 7.59. The van der Waals surface area contributed by atoms with E-state index in [1.807, 2.05) is 0 Å². The number of anilines is 1. The van der Waals surface area contributed by atoms with Gasteiger partial charge in [-0.25, -0.2) is 17.8 Å². The molecule has 1 fully saturated rings. The van der Waals surface area contributed by atoms with E-state index in [4.69, 9.17) is 0 Å². The van der Waals surface area contributed by atoms with Gasteiger partial charge in [0.15, 0.2) is 5.16 Å². The molecule has 1 aromatic heterocycles. The van der Waals surface area contributed by atoms with E-state index in [0.29, 0.717) is 24.3 Å². The first-order chi connectivity index (χ1) is 17.3. The van der Waals surface area contributed by atoms with Crippen molar-refractivity contribution in [2.75, 3.05) is 35.7 Å². The molecule has 2 heterocycles. The maximum Gasteiger partial charge on any atom is 0.270 e. The Kier molecular flexibility index (Phi) is 8.10. The van der Waals surface area contributed by atoms with E-state index in [9.17, 15) is 27.7 Å². The molecular formula is C23H20FN5O4S3. The molecule has 0 saturated carbocycles. The summed E-state index contributed by atoms with van der Waals surface area (Å²) in [6, 6.07) is 13.0. The first-order valence-electron chi connectivity index (χ1n) is 10.7. The van der Waals surface area contributed by atoms with Crippen LogP contribution >= 0.6 is 23.5 Å². The monoisotopic (exact) mass is 545 g/mol. The van der Waals surface area contributed by atoms with Crippen LogP contribution in [-0.2, 0) is 14.8 Å². The van der Waals surface area contributed by atoms with Gasteiger partial charge in [0, 0.05) is 35.8 Å². The number of thioether (sulfide) groups is 2. The zero-order valence-corrected chi connectivity index (χ0v) is 21.2. The minimum absolute atomic E-state index is 0.0910. The predicted molar refractivity (Wildman–Crippen MR) is 137 cm³/mol. The minimum atomic E-state index is -3.58. The normalized spacial score (nSPS) is 14.2. The highest BCUT2D eigenvalue weighted by Crippen LogP contribution is 2.24. The summed E-state index contributed by atoms with van der Waals surface area (Å²) >= 11 is 2.67. The average Bonchev–Trinajstić information content (AvgIpc) is 2.88. The molecule has 0 bridgehead atoms. The Balaban J connectivity index is 1.42. The number of amides is 1. The van der Waals surface area contributed by atoms with E-state index < -0.39 is 27.3 Å². The molecule has 186 valence electrons. The summed E-state index contributed by atoms with van der Waals surface area (Å²) in [7, 11) is -3.58. The fourth-order valence-electron chi connectivity index (χ4n) is 3.42. The maximum absolute atomic E-state index is 13.3. The lowest BCUT2D eigenvalue weighted by Crippen LogP contribution is -2.37. The number of nitriles is 1. The van der Waals surface area contributed by atoms with Gasteiger partial charge in [0.25, 0.3) is 5.56 Å². The third-order valence-corrected chi connectivity index (χ3v) is 8.94. The lowest BCUT2D eigenvalue weighted by Gasteiger charge is -2.25. The van der Waals surface area contributed by atoms with Gasteiger partial charge < -0.3 is 10.3 Å². The third-order valence-electron chi connectivity index (χ3n) is 5.21. The number of H-pyrrole nitrogens is 1. The summed E-state index contributed by atoms with van der Waals surface area (Å²) in [6.45, 7) is 0.939. The number of benzene rings is 2. The second kappa shape index (κ2) is 11.3. The number of nitrogens with one attached hydrogen (secondary N) is 2. The molecule has 2 N–H and O–H groups in total. The van der Waals surface area contributed by atoms with E-state index in [-0.39, 0.29) is 27.1 Å². The van der Waals surface area contributed by atoms with Crippen LogP contribution in [0.25, 0.3) is 11.3 Å². The molecule has 2 aromatic carbocycles. The van der Waals surface area contributed by atoms with Crippen LogP contribution in [0.5, 0.6) is 0 Å². The zero-order valence-electron chi connectivity index (χ0n) is 18.7. The second-order valence-corrected chi connectivity index (χ2v) is 11.7. The van der Waals surface area contributed by atoms with E-state index >= 15 is 0 Å². The predicted octanol–water partition coefficient (Wildman–Crippen LogP) is 2.92. The SMILES string of the molecule is N#Cc1c(-c2ccc(F)cc2)nc(SCC(=O)Nc2ccc(S(=O)(=O)N3CCSCC3)cc2)[nH]c1=O. The third kappa shape index (κ3) is 5.96. The van der Waals surface area contributed by atoms with Crippen molar-refractivity contribution in [1.82, 2.24) is 14.3 Å². The van der Waals surface area contributed by atoms with E-state index in [0.717, 1.165) is 23.3 Å². The molecular weight excluding hydrogens is 525 g/mol. The first-order valence-corrected chi connectivity index (χ1v) is 14.3. The van der Waals surface area contributed by atoms with Gasteiger partial charge in [-0.05, 0) is 48.5 Å². The van der Waals surface area contributed by atoms with E-state index in [2.05, 4.69) is 15.3 Å². The highest BCUT2D eigenvalue weighted by atomic mass is 32.2. The van der Waals surface area contributed by atoms with Crippen LogP contribution in [0, 0.1) is 17.1 Å². The van der Waals surface area contributed by atoms with Crippen LogP contribution in [0.1, 0.15) is 5.56 Å². The number of hydrogen-bond acceptors (Lipinski definition) is 8. The van der Waals surface area contributed by atoms with Crippen molar-refractivity contribution in [3.63, 3.8) is 0 Å². The van der Waals surface area contributed by atoms with Gasteiger partial charge >= 0.3 is 0 Å². The molecule has 0 unspecified atom stereocenters. The van der Waals surface area contributed by atoms with Gasteiger partial charge in [0.2, 0.25) is 15.9 Å². The van der Waals surface area contributed by atoms with Crippen molar-refractivity contribution in [3.8, 4) is 17.3 Å². The van der Waals surface area contributed by atoms with Crippen LogP contribution in [0.2, 0.25) is 0 Å². The molecule has 1 amide bonds. The molecule has 0 aliphatic carbocycles. The molecule has 3 aromatic rings. The number of nitrogens with zero attached hydrogens (tertiary/aromatic N) is 3. The maximum atomic E-state index is 13.3. The van der Waals surface area contributed by atoms with Crippen molar-refractivity contribution in [2.24, 2.45) is 0 Å². The van der Waals surface area contributed by atoms with Gasteiger partial charge in [-0.15, -0.1) is 0 Å². The van der Waals surface area contributed by atoms with Crippen LogP contribution in [0.4, 0.5) is 10.1 Å². The first kappa shape index (κ1) is 25.9. The van der Waals surface area contributed by atoms with Crippen molar-refractivity contribution >= 4 is 45.1 Å². The number of carbonyl (C=O) groups excluding carboxylic acids is 1. The number of sulfonamides is 1. The molecule has 0 radical (unpaired) electrons. The molecule has 1 aliphatic rings. The number of aromatic amines is 1. The summed E-state index contributed by atoms with van der Waals surface area (Å²) in [5.41, 5.74) is 0.0200. The van der Waals surface area contributed by atoms with Crippen LogP contribution in [0.15, 0.2) is 63.4 Å². The van der Waals surface area contributed by atoms with Gasteiger partial charge in [-0.2, -0.15) is 21.3 Å². The molecule has 4 rings (SSSR count). The molecule has 9 nitrogen and oxygen atoms in total. The number of hydrogen-bond donors (Lipinski definition) is 2. The Labute approximate surface area is 215 Å². The van der Waals surface area contributed by atoms with Gasteiger partial charge in [0.05, 0.1) is 16.3 Å². The fourth-order valence-corrected chi connectivity index (χ4v) is 6.65. The van der Waals surface area contributed by atoms with Crippen LogP contribution < -0.4 is 10.9 Å². The van der Waals surface area contributed by atoms with Crippen molar-refractivity contribution < 1.29 is 17.6 Å². The number of carbonyl (C=O) groups is 1. The summed E-state index contributed by atoms with van der Waals surface area (Å²) in [4.78, 5) is 31.7. The number of rotatable bonds is 7. The molecule has 13 heteroatoms. The fraction of sp³-hybridized carbons (Fsp3) is 0.217. The summed E-state index contributed by atoms with van der Waals surface area (Å²) in [6.07, 6.45) is 0. The minimum Gasteiger partial charge on any atom is -0.325 e. The number of aromatic nitrogens is 2. The van der Waals surface area contributed by atoms with Crippen LogP contribution in [-0.4, -0.2) is 58.9 Å². The summed E-state index contributed by atoms with van der Waals surface area (Å²) in [5, 5.41) is 12.1. The van der Waals surface area contributed by atoms with Gasteiger partial charge in [0.1, 0.15) is 17.4 Å². The lowest BCUT2D eigenvalue weighted by molar-refractivity contribution is -0.113. The Morgan fingerprint density at radius 2 is 1.83 bits per heavy atom. The lowest BCUT2D eigenvalue weighted by atomic mass is 10.1. The zero-order chi connectivity index (χ0) is 25.7. The Morgan fingerprint density at radius 3 is 2.47 bits per heavy atom. The summed E-state index contributed by atoms with van der Waals surface area (Å²) < 4.78 is 40.2. The van der Waals surface area contributed by atoms with Crippen molar-refractivity contribution in [2.45, 2.75) is 10.1 Å². The topological polar surface area (TPSA) is 136 Å². The van der Waals surface area contributed by atoms with E-state index in [1.165, 1.54) is 52.8 Å². The standard InChI is InChI=1S/C23H20FN5O4S3/c24-16-3-1-15(2-4-16)21-19(13-25)22(31)28-23(27-21)35-14-20(30)26-17-5-7-18(8-6-17)36(32,33)29-9-11-34-12-10-29/h1-8H,9-12,14H2,(H,26,30)(H,27,28,31). The number of halogens is 1. The molecule has 0 spiro atoms. The molecule has 36 heavy (non-hydrogen) atoms. The molecule has 1 aliphatic heterocycles. The highest BCUT2D eigenvalue weighted by molar-refractivity contribution is 8.00.